The van der Waals surface area contributed by atoms with Crippen LogP contribution in [0.1, 0.15) is 114 Å². The molecule has 2 fully saturated rings. The van der Waals surface area contributed by atoms with E-state index in [1.165, 1.54) is 77.0 Å². The van der Waals surface area contributed by atoms with Crippen LogP contribution in [0.4, 0.5) is 11.4 Å². The zero-order chi connectivity index (χ0) is 39.7. The summed E-state index contributed by atoms with van der Waals surface area (Å²) in [5.74, 6) is 1.81. The van der Waals surface area contributed by atoms with Crippen molar-refractivity contribution < 1.29 is 28.4 Å². The third-order valence-corrected chi connectivity index (χ3v) is 10.7. The number of unbranched alkanes of at least 4 members (excludes halogenated alkanes) is 14. The monoisotopic (exact) mass is 790 g/mol. The molecular weight excluding hydrogens is 725 g/mol. The average Bonchev–Trinajstić information content (AvgIpc) is 4.21. The molecule has 0 saturated carbocycles. The molecule has 8 heteroatoms. The number of hydrogen-bond donors (Lipinski definition) is 0. The fourth-order valence-electron chi connectivity index (χ4n) is 6.96. The first kappa shape index (κ1) is 43.5. The molecule has 4 aromatic rings. The smallest absolute Gasteiger partial charge is 0.119 e. The summed E-state index contributed by atoms with van der Waals surface area (Å²) >= 11 is 0. The van der Waals surface area contributed by atoms with Gasteiger partial charge < -0.3 is 28.4 Å². The van der Waals surface area contributed by atoms with Crippen LogP contribution in [0, 0.1) is 0 Å². The highest BCUT2D eigenvalue weighted by molar-refractivity contribution is 6.02. The molecule has 0 spiro atoms. The topological polar surface area (TPSA) is 86.7 Å². The number of nitrogens with zero attached hydrogens (tertiary/aromatic N) is 2. The van der Waals surface area contributed by atoms with Gasteiger partial charge in [-0.1, -0.05) is 101 Å². The quantitative estimate of drug-likeness (QED) is 0.0278. The zero-order valence-electron chi connectivity index (χ0n) is 34.7. The lowest BCUT2D eigenvalue weighted by Crippen LogP contribution is -2.02. The molecule has 0 bridgehead atoms. The Hall–Kier alpha value is -4.08. The van der Waals surface area contributed by atoms with Gasteiger partial charge in [0, 0.05) is 36.4 Å². The highest BCUT2D eigenvalue weighted by Crippen LogP contribution is 2.32. The molecule has 8 nitrogen and oxygen atoms in total. The summed E-state index contributed by atoms with van der Waals surface area (Å²) in [7, 11) is 0. The molecule has 0 N–H and O–H groups in total. The van der Waals surface area contributed by atoms with Crippen LogP contribution in [0.3, 0.4) is 0 Å². The molecule has 58 heavy (non-hydrogen) atoms. The van der Waals surface area contributed by atoms with Crippen LogP contribution in [0.25, 0.3) is 10.8 Å². The van der Waals surface area contributed by atoms with Crippen molar-refractivity contribution in [3.8, 4) is 11.5 Å². The van der Waals surface area contributed by atoms with Crippen LogP contribution in [-0.4, -0.2) is 77.5 Å². The Kier molecular flexibility index (Phi) is 19.6. The van der Waals surface area contributed by atoms with E-state index >= 15 is 0 Å². The molecule has 4 aromatic carbocycles. The van der Waals surface area contributed by atoms with Crippen LogP contribution in [0.2, 0.25) is 0 Å². The maximum Gasteiger partial charge on any atom is 0.119 e. The molecule has 6 rings (SSSR count). The molecule has 2 aliphatic rings. The Morgan fingerprint density at radius 2 is 0.776 bits per heavy atom. The number of epoxide rings is 2. The van der Waals surface area contributed by atoms with E-state index < -0.39 is 0 Å². The van der Waals surface area contributed by atoms with Crippen molar-refractivity contribution in [1.82, 2.24) is 0 Å². The van der Waals surface area contributed by atoms with Gasteiger partial charge in [-0.15, -0.1) is 0 Å². The lowest BCUT2D eigenvalue weighted by molar-refractivity contribution is 0.113. The first-order chi connectivity index (χ1) is 28.8. The van der Waals surface area contributed by atoms with Crippen molar-refractivity contribution in [3.63, 3.8) is 0 Å². The summed E-state index contributed by atoms with van der Waals surface area (Å²) in [5, 5.41) is 2.14. The molecule has 2 heterocycles. The minimum atomic E-state index is 0.380. The van der Waals surface area contributed by atoms with Gasteiger partial charge in [0.15, 0.2) is 0 Å². The molecule has 2 unspecified atom stereocenters. The second-order valence-corrected chi connectivity index (χ2v) is 15.7. The molecule has 0 radical (unpaired) electrons. The summed E-state index contributed by atoms with van der Waals surface area (Å²) < 4.78 is 33.6. The number of fused-ring (bicyclic) bond motifs is 1. The van der Waals surface area contributed by atoms with E-state index in [1.807, 2.05) is 48.8 Å². The highest BCUT2D eigenvalue weighted by Gasteiger charge is 2.22. The van der Waals surface area contributed by atoms with Gasteiger partial charge in [-0.05, 0) is 97.5 Å². The molecule has 2 aliphatic heterocycles. The Morgan fingerprint density at radius 3 is 1.14 bits per heavy atom. The Morgan fingerprint density at radius 1 is 0.431 bits per heavy atom. The number of benzene rings is 4. The molecule has 0 aliphatic carbocycles. The van der Waals surface area contributed by atoms with Gasteiger partial charge in [0.25, 0.3) is 0 Å². The molecule has 0 amide bonds. The highest BCUT2D eigenvalue weighted by atomic mass is 16.6. The molecule has 2 atom stereocenters. The zero-order valence-corrected chi connectivity index (χ0v) is 34.7. The van der Waals surface area contributed by atoms with Crippen LogP contribution in [-0.2, 0) is 18.9 Å². The van der Waals surface area contributed by atoms with Gasteiger partial charge >= 0.3 is 0 Å². The summed E-state index contributed by atoms with van der Waals surface area (Å²) in [6.07, 6.45) is 24.4. The minimum absolute atomic E-state index is 0.380. The first-order valence-corrected chi connectivity index (χ1v) is 22.2. The van der Waals surface area contributed by atoms with E-state index in [9.17, 15) is 0 Å². The van der Waals surface area contributed by atoms with E-state index in [-0.39, 0.29) is 0 Å². The second kappa shape index (κ2) is 26.1. The van der Waals surface area contributed by atoms with Crippen molar-refractivity contribution >= 4 is 34.6 Å². The van der Waals surface area contributed by atoms with E-state index in [0.29, 0.717) is 12.2 Å². The van der Waals surface area contributed by atoms with Crippen molar-refractivity contribution in [2.75, 3.05) is 52.9 Å². The van der Waals surface area contributed by atoms with Gasteiger partial charge in [0.05, 0.1) is 51.0 Å². The second-order valence-electron chi connectivity index (χ2n) is 15.7. The number of hydrogen-bond acceptors (Lipinski definition) is 8. The number of rotatable bonds is 32. The first-order valence-electron chi connectivity index (χ1n) is 22.2. The van der Waals surface area contributed by atoms with Gasteiger partial charge in [0.2, 0.25) is 0 Å². The van der Waals surface area contributed by atoms with Crippen LogP contribution >= 0.6 is 0 Å². The molecule has 312 valence electrons. The summed E-state index contributed by atoms with van der Waals surface area (Å²) in [6, 6.07) is 28.8. The third kappa shape index (κ3) is 17.4. The van der Waals surface area contributed by atoms with Gasteiger partial charge in [0.1, 0.15) is 23.7 Å². The maximum atomic E-state index is 6.02. The van der Waals surface area contributed by atoms with Crippen LogP contribution in [0.15, 0.2) is 94.9 Å². The molecular formula is C50H66N2O6. The average molecular weight is 791 g/mol. The predicted molar refractivity (Wildman–Crippen MR) is 237 cm³/mol. The molecule has 0 aromatic heterocycles. The number of aliphatic imine (C=N–C) groups is 2. The normalized spacial score (nSPS) is 16.1. The van der Waals surface area contributed by atoms with Crippen molar-refractivity contribution in [1.29, 1.82) is 0 Å². The Balaban J connectivity index is 0.832. The lowest BCUT2D eigenvalue weighted by atomic mass is 10.1. The van der Waals surface area contributed by atoms with Gasteiger partial charge in [-0.25, -0.2) is 0 Å². The molecule has 2 saturated heterocycles. The van der Waals surface area contributed by atoms with Crippen LogP contribution in [0.5, 0.6) is 11.5 Å². The van der Waals surface area contributed by atoms with Crippen molar-refractivity contribution in [2.45, 2.75) is 115 Å². The van der Waals surface area contributed by atoms with Crippen molar-refractivity contribution in [3.05, 3.63) is 96.1 Å². The summed E-state index contributed by atoms with van der Waals surface area (Å²) in [6.45, 7) is 6.56. The van der Waals surface area contributed by atoms with E-state index in [0.717, 1.165) is 123 Å². The lowest BCUT2D eigenvalue weighted by Gasteiger charge is -2.07. The van der Waals surface area contributed by atoms with Crippen LogP contribution < -0.4 is 9.47 Å². The number of ether oxygens (including phenoxy) is 6. The fourth-order valence-corrected chi connectivity index (χ4v) is 6.96. The maximum absolute atomic E-state index is 6.02. The van der Waals surface area contributed by atoms with Gasteiger partial charge in [-0.2, -0.15) is 0 Å². The standard InChI is InChI=1S/C50H66N2O6/c1(5-9-13-31-53-37-45-39-57-45)3-7-11-15-33-55-43-27-23-41(24-28-43)35-51-49-21-17-20-48-47(49)19-18-22-50(48)52-36-42-25-29-44(30-26-42)56-34-16-12-8-4-2-6-10-14-32-54-38-46-40-58-46/h17-30,35-36,45-46H,1-16,31-34,37-40H2. The predicted octanol–water partition coefficient (Wildman–Crippen LogP) is 12.2. The third-order valence-electron chi connectivity index (χ3n) is 10.7. The largest absolute Gasteiger partial charge is 0.494 e. The van der Waals surface area contributed by atoms with Crippen molar-refractivity contribution in [2.24, 2.45) is 9.98 Å². The summed E-state index contributed by atoms with van der Waals surface area (Å²) in [5.41, 5.74) is 3.91. The van der Waals surface area contributed by atoms with E-state index in [1.54, 1.807) is 0 Å². The Bertz CT molecular complexity index is 1640. The Labute approximate surface area is 347 Å². The SMILES string of the molecule is C(=Nc1cccc2c(N=Cc3ccc(OCCCCCCCCCCOCC4CO4)cc3)cccc12)c1ccc(OCCCCCCCCCCOCC2CO2)cc1. The minimum Gasteiger partial charge on any atom is -0.494 e. The van der Waals surface area contributed by atoms with E-state index in [4.69, 9.17) is 38.4 Å². The van der Waals surface area contributed by atoms with Gasteiger partial charge in [-0.3, -0.25) is 9.98 Å². The fraction of sp³-hybridized carbons (Fsp3) is 0.520. The van der Waals surface area contributed by atoms with E-state index in [2.05, 4.69) is 48.5 Å². The summed E-state index contributed by atoms with van der Waals surface area (Å²) in [4.78, 5) is 9.74.